The van der Waals surface area contributed by atoms with Crippen LogP contribution in [0.3, 0.4) is 0 Å². The average molecular weight is 377 g/mol. The number of benzene rings is 1. The Kier molecular flexibility index (Phi) is 6.66. The van der Waals surface area contributed by atoms with E-state index < -0.39 is 6.10 Å². The van der Waals surface area contributed by atoms with Crippen molar-refractivity contribution in [2.45, 2.75) is 62.6 Å². The normalized spacial score (nSPS) is 31.0. The van der Waals surface area contributed by atoms with Gasteiger partial charge in [-0.1, -0.05) is 18.6 Å². The summed E-state index contributed by atoms with van der Waals surface area (Å²) in [6.07, 6.45) is 7.37. The molecule has 0 aromatic heterocycles. The maximum Gasteiger partial charge on any atom is 0.137 e. The number of carbonyl (C=O) groups is 1. The number of carbonyl (C=O) groups excluding carboxylic acids is 1. The Morgan fingerprint density at radius 3 is 2.67 bits per heavy atom. The Labute approximate surface area is 162 Å². The van der Waals surface area contributed by atoms with Gasteiger partial charge in [-0.2, -0.15) is 0 Å². The number of nitrogens with zero attached hydrogens (tertiary/aromatic N) is 2. The summed E-state index contributed by atoms with van der Waals surface area (Å²) in [6.45, 7) is 1.49. The molecule has 5 heteroatoms. The fourth-order valence-corrected chi connectivity index (χ4v) is 5.06. The van der Waals surface area contributed by atoms with Crippen molar-refractivity contribution in [1.29, 1.82) is 0 Å². The van der Waals surface area contributed by atoms with Crippen molar-refractivity contribution in [2.75, 3.05) is 27.2 Å². The van der Waals surface area contributed by atoms with E-state index in [1.54, 1.807) is 12.1 Å². The first-order valence-corrected chi connectivity index (χ1v) is 10.3. The SMILES string of the molecule is CN(C)C1(c2cccc(F)c2)CCC(C(O)CN2CCCCC2C=O)CC1. The second kappa shape index (κ2) is 8.80. The van der Waals surface area contributed by atoms with Crippen LogP contribution in [0.4, 0.5) is 4.39 Å². The average Bonchev–Trinajstić information content (AvgIpc) is 2.68. The molecule has 27 heavy (non-hydrogen) atoms. The van der Waals surface area contributed by atoms with Crippen LogP contribution in [-0.2, 0) is 10.3 Å². The van der Waals surface area contributed by atoms with Crippen molar-refractivity contribution in [3.8, 4) is 0 Å². The van der Waals surface area contributed by atoms with Crippen molar-refractivity contribution in [3.63, 3.8) is 0 Å². The Morgan fingerprint density at radius 2 is 2.04 bits per heavy atom. The van der Waals surface area contributed by atoms with E-state index in [2.05, 4.69) is 23.9 Å². The fraction of sp³-hybridized carbons (Fsp3) is 0.682. The third kappa shape index (κ3) is 4.41. The summed E-state index contributed by atoms with van der Waals surface area (Å²) in [5, 5.41) is 10.8. The van der Waals surface area contributed by atoms with Gasteiger partial charge in [0.25, 0.3) is 0 Å². The second-order valence-electron chi connectivity index (χ2n) is 8.54. The highest BCUT2D eigenvalue weighted by Crippen LogP contribution is 2.44. The molecule has 2 aliphatic rings. The number of aliphatic hydroxyl groups excluding tert-OH is 1. The summed E-state index contributed by atoms with van der Waals surface area (Å²) >= 11 is 0. The highest BCUT2D eigenvalue weighted by Gasteiger charge is 2.41. The molecule has 3 rings (SSSR count). The highest BCUT2D eigenvalue weighted by atomic mass is 19.1. The zero-order valence-electron chi connectivity index (χ0n) is 16.6. The van der Waals surface area contributed by atoms with Gasteiger partial charge in [0.15, 0.2) is 0 Å². The van der Waals surface area contributed by atoms with Gasteiger partial charge < -0.3 is 9.90 Å². The topological polar surface area (TPSA) is 43.8 Å². The third-order valence-corrected chi connectivity index (χ3v) is 6.86. The van der Waals surface area contributed by atoms with Gasteiger partial charge in [-0.15, -0.1) is 0 Å². The van der Waals surface area contributed by atoms with Crippen molar-refractivity contribution in [2.24, 2.45) is 5.92 Å². The summed E-state index contributed by atoms with van der Waals surface area (Å²) in [4.78, 5) is 15.7. The third-order valence-electron chi connectivity index (χ3n) is 6.86. The molecule has 1 aromatic carbocycles. The van der Waals surface area contributed by atoms with E-state index in [4.69, 9.17) is 0 Å². The van der Waals surface area contributed by atoms with Crippen LogP contribution in [0.2, 0.25) is 0 Å². The van der Waals surface area contributed by atoms with Crippen LogP contribution in [0.15, 0.2) is 24.3 Å². The van der Waals surface area contributed by atoms with Gasteiger partial charge in [-0.3, -0.25) is 9.80 Å². The molecule has 1 saturated carbocycles. The second-order valence-corrected chi connectivity index (χ2v) is 8.54. The van der Waals surface area contributed by atoms with Crippen LogP contribution in [-0.4, -0.2) is 60.5 Å². The van der Waals surface area contributed by atoms with Crippen LogP contribution >= 0.6 is 0 Å². The van der Waals surface area contributed by atoms with E-state index in [9.17, 15) is 14.3 Å². The molecule has 2 atom stereocenters. The van der Waals surface area contributed by atoms with Crippen LogP contribution < -0.4 is 0 Å². The monoisotopic (exact) mass is 376 g/mol. The lowest BCUT2D eigenvalue weighted by atomic mass is 9.70. The molecule has 1 aliphatic carbocycles. The van der Waals surface area contributed by atoms with E-state index in [1.165, 1.54) is 6.07 Å². The summed E-state index contributed by atoms with van der Waals surface area (Å²) in [5.41, 5.74) is 0.854. The maximum absolute atomic E-state index is 13.8. The molecule has 0 spiro atoms. The molecule has 150 valence electrons. The molecule has 0 bridgehead atoms. The minimum Gasteiger partial charge on any atom is -0.392 e. The molecule has 2 unspecified atom stereocenters. The first kappa shape index (κ1) is 20.4. The van der Waals surface area contributed by atoms with Crippen LogP contribution in [0.1, 0.15) is 50.5 Å². The van der Waals surface area contributed by atoms with Crippen molar-refractivity contribution in [3.05, 3.63) is 35.6 Å². The number of hydrogen-bond acceptors (Lipinski definition) is 4. The van der Waals surface area contributed by atoms with E-state index in [-0.39, 0.29) is 23.3 Å². The van der Waals surface area contributed by atoms with Crippen LogP contribution in [0.25, 0.3) is 0 Å². The Bertz CT molecular complexity index is 628. The molecule has 0 amide bonds. The number of likely N-dealkylation sites (tertiary alicyclic amines) is 1. The number of hydrogen-bond donors (Lipinski definition) is 1. The number of β-amino-alcohol motifs (C(OH)–C–C–N with tert-alkyl or cyclic N) is 1. The lowest BCUT2D eigenvalue weighted by Crippen LogP contribution is -2.49. The number of rotatable bonds is 6. The minimum atomic E-state index is -0.404. The van der Waals surface area contributed by atoms with E-state index in [1.807, 2.05) is 6.07 Å². The van der Waals surface area contributed by atoms with Gasteiger partial charge in [0.05, 0.1) is 12.1 Å². The molecule has 1 aliphatic heterocycles. The van der Waals surface area contributed by atoms with Crippen LogP contribution in [0, 0.1) is 11.7 Å². The smallest absolute Gasteiger partial charge is 0.137 e. The fourth-order valence-electron chi connectivity index (χ4n) is 5.06. The van der Waals surface area contributed by atoms with Crippen molar-refractivity contribution < 1.29 is 14.3 Å². The molecule has 1 aromatic rings. The van der Waals surface area contributed by atoms with Gasteiger partial charge in [0.2, 0.25) is 0 Å². The Morgan fingerprint density at radius 1 is 1.30 bits per heavy atom. The molecular weight excluding hydrogens is 343 g/mol. The van der Waals surface area contributed by atoms with Crippen molar-refractivity contribution in [1.82, 2.24) is 9.80 Å². The lowest BCUT2D eigenvalue weighted by molar-refractivity contribution is -0.114. The highest BCUT2D eigenvalue weighted by molar-refractivity contribution is 5.57. The van der Waals surface area contributed by atoms with Gasteiger partial charge in [-0.05, 0) is 82.8 Å². The summed E-state index contributed by atoms with van der Waals surface area (Å²) in [5.74, 6) is 0.0433. The first-order valence-electron chi connectivity index (χ1n) is 10.3. The lowest BCUT2D eigenvalue weighted by Gasteiger charge is -2.47. The number of aldehydes is 1. The number of halogens is 1. The molecular formula is C22H33FN2O2. The van der Waals surface area contributed by atoms with E-state index in [0.717, 1.165) is 63.3 Å². The zero-order chi connectivity index (χ0) is 19.4. The summed E-state index contributed by atoms with van der Waals surface area (Å²) < 4.78 is 13.8. The number of aliphatic hydroxyl groups is 1. The molecule has 4 nitrogen and oxygen atoms in total. The Balaban J connectivity index is 1.65. The molecule has 0 radical (unpaired) electrons. The van der Waals surface area contributed by atoms with Gasteiger partial charge in [-0.25, -0.2) is 4.39 Å². The van der Waals surface area contributed by atoms with Gasteiger partial charge in [0, 0.05) is 12.1 Å². The molecule has 2 fully saturated rings. The predicted molar refractivity (Wildman–Crippen MR) is 105 cm³/mol. The van der Waals surface area contributed by atoms with Crippen LogP contribution in [0.5, 0.6) is 0 Å². The molecule has 1 heterocycles. The van der Waals surface area contributed by atoms with Gasteiger partial charge >= 0.3 is 0 Å². The summed E-state index contributed by atoms with van der Waals surface area (Å²) in [6, 6.07) is 6.91. The standard InChI is InChI=1S/C22H33FN2O2/c1-24(2)22(18-6-5-7-19(23)14-18)11-9-17(10-12-22)21(27)15-25-13-4-3-8-20(25)16-26/h5-7,14,16-17,20-21,27H,3-4,8-13,15H2,1-2H3. The Hall–Kier alpha value is -1.30. The number of piperidine rings is 1. The minimum absolute atomic E-state index is 0.0369. The van der Waals surface area contributed by atoms with E-state index >= 15 is 0 Å². The predicted octanol–water partition coefficient (Wildman–Crippen LogP) is 3.19. The van der Waals surface area contributed by atoms with E-state index in [0.29, 0.717) is 6.54 Å². The quantitative estimate of drug-likeness (QED) is 0.775. The van der Waals surface area contributed by atoms with Crippen molar-refractivity contribution >= 4 is 6.29 Å². The summed E-state index contributed by atoms with van der Waals surface area (Å²) in [7, 11) is 4.12. The molecule has 1 saturated heterocycles. The maximum atomic E-state index is 13.8. The molecule has 1 N–H and O–H groups in total. The largest absolute Gasteiger partial charge is 0.392 e. The zero-order valence-corrected chi connectivity index (χ0v) is 16.6. The van der Waals surface area contributed by atoms with Gasteiger partial charge in [0.1, 0.15) is 12.1 Å². The first-order chi connectivity index (χ1) is 13.0.